The number of aromatic nitrogens is 1. The number of primary sulfonamides is 1. The number of thioether (sulfide) groups is 1. The van der Waals surface area contributed by atoms with Gasteiger partial charge < -0.3 is 15.2 Å². The molecule has 2 aliphatic rings. The molecular formula is C30H26N4O8S3. The maximum atomic E-state index is 14.0. The molecule has 1 fully saturated rings. The van der Waals surface area contributed by atoms with Crippen molar-refractivity contribution in [3.8, 4) is 11.5 Å². The summed E-state index contributed by atoms with van der Waals surface area (Å²) in [7, 11) is -2.52. The number of benzene rings is 3. The molecule has 1 aromatic heterocycles. The molecule has 0 saturated carbocycles. The zero-order valence-corrected chi connectivity index (χ0v) is 26.2. The molecule has 1 saturated heterocycles. The lowest BCUT2D eigenvalue weighted by molar-refractivity contribution is -0.122. The van der Waals surface area contributed by atoms with Crippen molar-refractivity contribution in [2.45, 2.75) is 34.6 Å². The summed E-state index contributed by atoms with van der Waals surface area (Å²) >= 11 is 1.96. The number of ether oxygens (including phenoxy) is 1. The first-order valence-electron chi connectivity index (χ1n) is 13.5. The number of hydrogen-bond acceptors (Lipinski definition) is 10. The third-order valence-corrected chi connectivity index (χ3v) is 11.2. The van der Waals surface area contributed by atoms with E-state index in [0.717, 1.165) is 28.7 Å². The summed E-state index contributed by atoms with van der Waals surface area (Å²) < 4.78 is 29.7. The molecule has 4 N–H and O–H groups in total. The van der Waals surface area contributed by atoms with Crippen LogP contribution >= 0.6 is 23.1 Å². The van der Waals surface area contributed by atoms with Crippen molar-refractivity contribution in [3.63, 3.8) is 0 Å². The van der Waals surface area contributed by atoms with E-state index in [2.05, 4.69) is 5.32 Å². The third-order valence-electron chi connectivity index (χ3n) is 7.67. The molecule has 2 aliphatic heterocycles. The highest BCUT2D eigenvalue weighted by Crippen LogP contribution is 2.54. The van der Waals surface area contributed by atoms with Gasteiger partial charge in [0.2, 0.25) is 27.7 Å². The van der Waals surface area contributed by atoms with E-state index in [9.17, 15) is 32.7 Å². The summed E-state index contributed by atoms with van der Waals surface area (Å²) in [5.74, 6) is -3.00. The Morgan fingerprint density at radius 1 is 1.02 bits per heavy atom. The van der Waals surface area contributed by atoms with Gasteiger partial charge in [0.25, 0.3) is 0 Å². The number of nitrogens with one attached hydrogen (secondary N) is 1. The number of nitrogens with two attached hydrogens (primary N) is 1. The number of anilines is 2. The second-order valence-electron chi connectivity index (χ2n) is 10.6. The molecule has 15 heteroatoms. The number of aromatic hydroxyl groups is 1. The van der Waals surface area contributed by atoms with Crippen molar-refractivity contribution in [1.29, 1.82) is 0 Å². The molecule has 3 aromatic carbocycles. The number of hydrogen-bond donors (Lipinski definition) is 3. The Bertz CT molecular complexity index is 2020. The molecule has 3 heterocycles. The average molecular weight is 667 g/mol. The molecule has 3 amide bonds. The molecule has 0 aliphatic carbocycles. The molecule has 0 bridgehead atoms. The van der Waals surface area contributed by atoms with Gasteiger partial charge in [0.15, 0.2) is 11.5 Å². The van der Waals surface area contributed by atoms with Crippen molar-refractivity contribution in [2.24, 2.45) is 11.1 Å². The fourth-order valence-electron chi connectivity index (χ4n) is 5.52. The monoisotopic (exact) mass is 666 g/mol. The summed E-state index contributed by atoms with van der Waals surface area (Å²) in [5.41, 5.74) is 2.24. The summed E-state index contributed by atoms with van der Waals surface area (Å²) in [4.78, 5) is 55.5. The highest BCUT2D eigenvalue weighted by Gasteiger charge is 2.57. The fraction of sp³-hybridized carbons (Fsp3) is 0.200. The highest BCUT2D eigenvalue weighted by molar-refractivity contribution is 8.00. The number of carbonyl (C=O) groups excluding carboxylic acids is 3. The van der Waals surface area contributed by atoms with Crippen LogP contribution in [0.3, 0.4) is 0 Å². The van der Waals surface area contributed by atoms with Crippen LogP contribution in [-0.4, -0.2) is 48.2 Å². The number of imide groups is 1. The van der Waals surface area contributed by atoms with Gasteiger partial charge in [0.1, 0.15) is 11.8 Å². The Morgan fingerprint density at radius 2 is 1.71 bits per heavy atom. The van der Waals surface area contributed by atoms with Crippen LogP contribution in [-0.2, 0) is 31.0 Å². The molecule has 0 spiro atoms. The number of amides is 3. The van der Waals surface area contributed by atoms with E-state index in [1.54, 1.807) is 24.3 Å². The minimum absolute atomic E-state index is 0.113. The lowest BCUT2D eigenvalue weighted by Gasteiger charge is -2.31. The molecule has 232 valence electrons. The topological polar surface area (TPSA) is 178 Å². The maximum absolute atomic E-state index is 14.0. The zero-order chi connectivity index (χ0) is 32.2. The molecule has 6 rings (SSSR count). The van der Waals surface area contributed by atoms with Crippen molar-refractivity contribution < 1.29 is 32.6 Å². The Morgan fingerprint density at radius 3 is 2.36 bits per heavy atom. The van der Waals surface area contributed by atoms with Gasteiger partial charge >= 0.3 is 4.87 Å². The van der Waals surface area contributed by atoms with Crippen LogP contribution in [0.2, 0.25) is 0 Å². The van der Waals surface area contributed by atoms with Gasteiger partial charge in [0.05, 0.1) is 28.6 Å². The summed E-state index contributed by atoms with van der Waals surface area (Å²) in [6.45, 7) is 1.50. The minimum atomic E-state index is -3.92. The van der Waals surface area contributed by atoms with Crippen molar-refractivity contribution >= 4 is 62.2 Å². The number of phenols is 1. The van der Waals surface area contributed by atoms with Crippen LogP contribution in [0.1, 0.15) is 21.9 Å². The number of methoxy groups -OCH3 is 1. The Labute approximate surface area is 265 Å². The van der Waals surface area contributed by atoms with Gasteiger partial charge in [-0.3, -0.25) is 23.7 Å². The first kappa shape index (κ1) is 30.6. The van der Waals surface area contributed by atoms with Crippen LogP contribution in [0.15, 0.2) is 81.4 Å². The van der Waals surface area contributed by atoms with Crippen LogP contribution in [0.4, 0.5) is 11.4 Å². The minimum Gasteiger partial charge on any atom is -0.504 e. The summed E-state index contributed by atoms with van der Waals surface area (Å²) in [5, 5.41) is 17.5. The largest absolute Gasteiger partial charge is 0.504 e. The summed E-state index contributed by atoms with van der Waals surface area (Å²) in [6, 6.07) is 16.9. The maximum Gasteiger partial charge on any atom is 0.308 e. The molecule has 45 heavy (non-hydrogen) atoms. The van der Waals surface area contributed by atoms with Gasteiger partial charge in [-0.25, -0.2) is 18.5 Å². The van der Waals surface area contributed by atoms with E-state index in [4.69, 9.17) is 9.88 Å². The number of rotatable bonds is 7. The van der Waals surface area contributed by atoms with Crippen LogP contribution in [0.5, 0.6) is 11.5 Å². The molecule has 3 unspecified atom stereocenters. The number of thiazole rings is 1. The molecule has 4 aromatic rings. The van der Waals surface area contributed by atoms with E-state index >= 15 is 0 Å². The Balaban J connectivity index is 1.39. The molecular weight excluding hydrogens is 641 g/mol. The summed E-state index contributed by atoms with van der Waals surface area (Å²) in [6.07, 6.45) is 0. The Kier molecular flexibility index (Phi) is 7.81. The van der Waals surface area contributed by atoms with E-state index in [1.807, 2.05) is 19.1 Å². The van der Waals surface area contributed by atoms with Crippen molar-refractivity contribution in [1.82, 2.24) is 4.57 Å². The van der Waals surface area contributed by atoms with E-state index in [-0.39, 0.29) is 22.1 Å². The smallest absolute Gasteiger partial charge is 0.308 e. The standard InChI is InChI=1S/C30H26N4O8S3/c1-15-3-8-18(9-4-15)34-27(37)24-23(16-5-12-20(35)21(13-16)42-2)26-29(43-25(24)28(34)38)33(30(39)44-26)14-22(36)32-17-6-10-19(11-7-17)45(31,40)41/h3-13,23-25,35H,14H2,1-2H3,(H,32,36)(H2,31,40,41). The zero-order valence-electron chi connectivity index (χ0n) is 23.8. The second-order valence-corrected chi connectivity index (χ2v) is 14.2. The second kappa shape index (κ2) is 11.5. The highest BCUT2D eigenvalue weighted by atomic mass is 32.2. The predicted molar refractivity (Wildman–Crippen MR) is 168 cm³/mol. The first-order valence-corrected chi connectivity index (χ1v) is 16.8. The number of phenolic OH excluding ortho intramolecular Hbond substituents is 1. The average Bonchev–Trinajstić information content (AvgIpc) is 3.44. The van der Waals surface area contributed by atoms with Crippen molar-refractivity contribution in [2.75, 3.05) is 17.3 Å². The lowest BCUT2D eigenvalue weighted by Crippen LogP contribution is -2.33. The Hall–Kier alpha value is -4.44. The fourth-order valence-corrected chi connectivity index (χ4v) is 8.81. The van der Waals surface area contributed by atoms with Crippen LogP contribution in [0, 0.1) is 12.8 Å². The van der Waals surface area contributed by atoms with Gasteiger partial charge in [0, 0.05) is 16.5 Å². The lowest BCUT2D eigenvalue weighted by atomic mass is 9.83. The van der Waals surface area contributed by atoms with Gasteiger partial charge in [-0.1, -0.05) is 46.9 Å². The first-order chi connectivity index (χ1) is 21.4. The van der Waals surface area contributed by atoms with Crippen LogP contribution in [0.25, 0.3) is 0 Å². The van der Waals surface area contributed by atoms with Gasteiger partial charge in [-0.2, -0.15) is 0 Å². The number of nitrogens with zero attached hydrogens (tertiary/aromatic N) is 2. The normalized spacial score (nSPS) is 19.3. The van der Waals surface area contributed by atoms with E-state index in [0.29, 0.717) is 21.2 Å². The van der Waals surface area contributed by atoms with E-state index in [1.165, 1.54) is 46.9 Å². The predicted octanol–water partition coefficient (Wildman–Crippen LogP) is 3.01. The van der Waals surface area contributed by atoms with Crippen molar-refractivity contribution in [3.05, 3.63) is 92.4 Å². The molecule has 12 nitrogen and oxygen atoms in total. The number of sulfonamides is 1. The SMILES string of the molecule is COc1cc(C2c3sc(=O)n(CC(=O)Nc4ccc(S(N)(=O)=O)cc4)c3SC3C(=O)N(c4ccc(C)cc4)C(=O)C32)ccc1O. The van der Waals surface area contributed by atoms with Gasteiger partial charge in [-0.05, 0) is 61.0 Å². The molecule has 3 atom stereocenters. The number of fused-ring (bicyclic) bond motifs is 2. The third kappa shape index (κ3) is 5.52. The van der Waals surface area contributed by atoms with E-state index < -0.39 is 56.2 Å². The number of aryl methyl sites for hydroxylation is 1. The number of carbonyl (C=O) groups is 3. The van der Waals surface area contributed by atoms with Gasteiger partial charge in [-0.15, -0.1) is 0 Å². The molecule has 0 radical (unpaired) electrons. The quantitative estimate of drug-likeness (QED) is 0.250. The van der Waals surface area contributed by atoms with Crippen LogP contribution < -0.4 is 25.0 Å².